The van der Waals surface area contributed by atoms with Crippen molar-refractivity contribution in [3.05, 3.63) is 64.4 Å². The molecule has 1 atom stereocenters. The Hall–Kier alpha value is -1.67. The summed E-state index contributed by atoms with van der Waals surface area (Å²) in [7, 11) is 0. The largest absolute Gasteiger partial charge is 0.293 e. The standard InChI is InChI=1S/C15H12ClNO/c16-12-5-3-10-4-6-13(15(18)14(10)8-12)11-2-1-7-17-9-11/h1-3,5,7-9,13H,4,6H2/t13-/m0/s1. The second-order valence-corrected chi connectivity index (χ2v) is 4.98. The van der Waals surface area contributed by atoms with Crippen molar-refractivity contribution in [2.24, 2.45) is 0 Å². The molecule has 0 amide bonds. The number of carbonyl (C=O) groups excluding carboxylic acids is 1. The van der Waals surface area contributed by atoms with Gasteiger partial charge in [-0.15, -0.1) is 0 Å². The molecule has 0 radical (unpaired) electrons. The Bertz CT molecular complexity index is 595. The lowest BCUT2D eigenvalue weighted by atomic mass is 9.79. The summed E-state index contributed by atoms with van der Waals surface area (Å²) in [5.74, 6) is 0.0800. The second kappa shape index (κ2) is 4.54. The Morgan fingerprint density at radius 1 is 1.28 bits per heavy atom. The van der Waals surface area contributed by atoms with Crippen molar-refractivity contribution >= 4 is 17.4 Å². The van der Waals surface area contributed by atoms with Gasteiger partial charge in [0.1, 0.15) is 0 Å². The van der Waals surface area contributed by atoms with Crippen molar-refractivity contribution in [3.63, 3.8) is 0 Å². The molecule has 2 aromatic rings. The summed E-state index contributed by atoms with van der Waals surface area (Å²) in [6, 6.07) is 9.41. The number of rotatable bonds is 1. The lowest BCUT2D eigenvalue weighted by molar-refractivity contribution is 0.0946. The first-order valence-electron chi connectivity index (χ1n) is 5.98. The maximum Gasteiger partial charge on any atom is 0.170 e. The van der Waals surface area contributed by atoms with Crippen LogP contribution in [0.4, 0.5) is 0 Å². The maximum atomic E-state index is 12.5. The van der Waals surface area contributed by atoms with Gasteiger partial charge in [0, 0.05) is 28.9 Å². The molecule has 1 aliphatic rings. The van der Waals surface area contributed by atoms with Crippen LogP contribution in [0.25, 0.3) is 0 Å². The van der Waals surface area contributed by atoms with Crippen LogP contribution < -0.4 is 0 Å². The van der Waals surface area contributed by atoms with E-state index in [-0.39, 0.29) is 11.7 Å². The van der Waals surface area contributed by atoms with Crippen LogP contribution in [0.15, 0.2) is 42.7 Å². The number of hydrogen-bond acceptors (Lipinski definition) is 2. The Morgan fingerprint density at radius 3 is 2.94 bits per heavy atom. The van der Waals surface area contributed by atoms with E-state index in [0.717, 1.165) is 29.5 Å². The van der Waals surface area contributed by atoms with Gasteiger partial charge in [-0.1, -0.05) is 23.7 Å². The number of ketones is 1. The highest BCUT2D eigenvalue weighted by Gasteiger charge is 2.28. The van der Waals surface area contributed by atoms with Crippen LogP contribution in [0, 0.1) is 0 Å². The topological polar surface area (TPSA) is 30.0 Å². The molecule has 0 spiro atoms. The normalized spacial score (nSPS) is 18.5. The fourth-order valence-electron chi connectivity index (χ4n) is 2.51. The fraction of sp³-hybridized carbons (Fsp3) is 0.200. The highest BCUT2D eigenvalue weighted by atomic mass is 35.5. The number of Topliss-reactive ketones (excluding diaryl/α,β-unsaturated/α-hetero) is 1. The Balaban J connectivity index is 2.02. The summed E-state index contributed by atoms with van der Waals surface area (Å²) in [4.78, 5) is 16.6. The van der Waals surface area contributed by atoms with Crippen molar-refractivity contribution in [2.75, 3.05) is 0 Å². The molecular formula is C15H12ClNO. The summed E-state index contributed by atoms with van der Waals surface area (Å²) in [6.45, 7) is 0. The van der Waals surface area contributed by atoms with Gasteiger partial charge in [0.25, 0.3) is 0 Å². The Morgan fingerprint density at radius 2 is 2.17 bits per heavy atom. The van der Waals surface area contributed by atoms with Crippen molar-refractivity contribution < 1.29 is 4.79 Å². The predicted molar refractivity (Wildman–Crippen MR) is 71.1 cm³/mol. The van der Waals surface area contributed by atoms with Gasteiger partial charge in [-0.2, -0.15) is 0 Å². The van der Waals surface area contributed by atoms with Crippen LogP contribution in [0.1, 0.15) is 33.8 Å². The van der Waals surface area contributed by atoms with E-state index >= 15 is 0 Å². The molecule has 0 aliphatic heterocycles. The number of aryl methyl sites for hydroxylation is 1. The average Bonchev–Trinajstić information content (AvgIpc) is 2.41. The van der Waals surface area contributed by atoms with Crippen molar-refractivity contribution in [1.82, 2.24) is 4.98 Å². The summed E-state index contributed by atoms with van der Waals surface area (Å²) >= 11 is 5.97. The van der Waals surface area contributed by atoms with E-state index in [4.69, 9.17) is 11.6 Å². The SMILES string of the molecule is O=C1c2cc(Cl)ccc2CC[C@H]1c1cccnc1. The molecule has 0 unspecified atom stereocenters. The Labute approximate surface area is 111 Å². The summed E-state index contributed by atoms with van der Waals surface area (Å²) in [5.41, 5.74) is 2.86. The third-order valence-corrected chi connectivity index (χ3v) is 3.68. The minimum atomic E-state index is -0.0790. The molecule has 3 heteroatoms. The highest BCUT2D eigenvalue weighted by Crippen LogP contribution is 2.33. The lowest BCUT2D eigenvalue weighted by Gasteiger charge is -2.23. The number of carbonyl (C=O) groups is 1. The zero-order valence-corrected chi connectivity index (χ0v) is 10.5. The molecule has 0 saturated carbocycles. The van der Waals surface area contributed by atoms with Gasteiger partial charge in [-0.25, -0.2) is 0 Å². The van der Waals surface area contributed by atoms with Gasteiger partial charge in [0.15, 0.2) is 5.78 Å². The van der Waals surface area contributed by atoms with Gasteiger partial charge < -0.3 is 0 Å². The average molecular weight is 258 g/mol. The zero-order chi connectivity index (χ0) is 12.5. The van der Waals surface area contributed by atoms with Crippen molar-refractivity contribution in [2.45, 2.75) is 18.8 Å². The maximum absolute atomic E-state index is 12.5. The molecule has 0 saturated heterocycles. The van der Waals surface area contributed by atoms with E-state index in [1.54, 1.807) is 18.5 Å². The monoisotopic (exact) mass is 257 g/mol. The molecule has 90 valence electrons. The molecule has 0 N–H and O–H groups in total. The van der Waals surface area contributed by atoms with E-state index in [1.165, 1.54) is 0 Å². The second-order valence-electron chi connectivity index (χ2n) is 4.54. The number of hydrogen-bond donors (Lipinski definition) is 0. The van der Waals surface area contributed by atoms with Crippen molar-refractivity contribution in [1.29, 1.82) is 0 Å². The quantitative estimate of drug-likeness (QED) is 0.781. The summed E-state index contributed by atoms with van der Waals surface area (Å²) in [6.07, 6.45) is 5.26. The number of nitrogens with zero attached hydrogens (tertiary/aromatic N) is 1. The molecule has 1 heterocycles. The number of aromatic nitrogens is 1. The van der Waals surface area contributed by atoms with E-state index in [1.807, 2.05) is 24.3 Å². The molecule has 1 aliphatic carbocycles. The molecule has 1 aromatic heterocycles. The molecule has 3 rings (SSSR count). The van der Waals surface area contributed by atoms with Gasteiger partial charge in [-0.05, 0) is 42.2 Å². The van der Waals surface area contributed by atoms with Gasteiger partial charge in [0.05, 0.1) is 0 Å². The molecular weight excluding hydrogens is 246 g/mol. The van der Waals surface area contributed by atoms with Crippen LogP contribution in [0.3, 0.4) is 0 Å². The molecule has 2 nitrogen and oxygen atoms in total. The van der Waals surface area contributed by atoms with Gasteiger partial charge in [0.2, 0.25) is 0 Å². The highest BCUT2D eigenvalue weighted by molar-refractivity contribution is 6.31. The minimum absolute atomic E-state index is 0.0790. The first-order chi connectivity index (χ1) is 8.75. The Kier molecular flexibility index (Phi) is 2.88. The van der Waals surface area contributed by atoms with Crippen LogP contribution in [-0.4, -0.2) is 10.8 Å². The van der Waals surface area contributed by atoms with Crippen LogP contribution in [0.2, 0.25) is 5.02 Å². The van der Waals surface area contributed by atoms with Crippen molar-refractivity contribution in [3.8, 4) is 0 Å². The molecule has 18 heavy (non-hydrogen) atoms. The van der Waals surface area contributed by atoms with Gasteiger partial charge in [-0.3, -0.25) is 9.78 Å². The molecule has 1 aromatic carbocycles. The number of benzene rings is 1. The third-order valence-electron chi connectivity index (χ3n) is 3.44. The zero-order valence-electron chi connectivity index (χ0n) is 9.77. The first kappa shape index (κ1) is 11.4. The minimum Gasteiger partial charge on any atom is -0.293 e. The number of pyridine rings is 1. The van der Waals surface area contributed by atoms with E-state index in [9.17, 15) is 4.79 Å². The van der Waals surface area contributed by atoms with Gasteiger partial charge >= 0.3 is 0 Å². The van der Waals surface area contributed by atoms with E-state index in [0.29, 0.717) is 5.02 Å². The van der Waals surface area contributed by atoms with Crippen LogP contribution in [-0.2, 0) is 6.42 Å². The number of halogens is 1. The van der Waals surface area contributed by atoms with Crippen LogP contribution in [0.5, 0.6) is 0 Å². The fourth-order valence-corrected chi connectivity index (χ4v) is 2.69. The van der Waals surface area contributed by atoms with E-state index in [2.05, 4.69) is 4.98 Å². The van der Waals surface area contributed by atoms with E-state index < -0.39 is 0 Å². The third kappa shape index (κ3) is 1.93. The van der Waals surface area contributed by atoms with Crippen LogP contribution >= 0.6 is 11.6 Å². The summed E-state index contributed by atoms with van der Waals surface area (Å²) < 4.78 is 0. The predicted octanol–water partition coefficient (Wildman–Crippen LogP) is 3.65. The first-order valence-corrected chi connectivity index (χ1v) is 6.36. The smallest absolute Gasteiger partial charge is 0.170 e. The number of fused-ring (bicyclic) bond motifs is 1. The lowest BCUT2D eigenvalue weighted by Crippen LogP contribution is -2.21. The molecule has 0 bridgehead atoms. The molecule has 0 fully saturated rings. The summed E-state index contributed by atoms with van der Waals surface area (Å²) in [5, 5.41) is 0.619.